The monoisotopic (exact) mass is 567 g/mol. The highest BCUT2D eigenvalue weighted by Crippen LogP contribution is 2.49. The molecule has 0 aromatic carbocycles. The highest BCUT2D eigenvalue weighted by molar-refractivity contribution is 5.56. The molecule has 2 N–H and O–H groups in total. The molecule has 222 valence electrons. The van der Waals surface area contributed by atoms with Crippen LogP contribution in [0.3, 0.4) is 0 Å². The summed E-state index contributed by atoms with van der Waals surface area (Å²) in [6.07, 6.45) is 3.76. The topological polar surface area (TPSA) is 66.2 Å². The molecule has 1 saturated carbocycles. The SMILES string of the molecule is [2H]C([2H])([2H])N1CNNC1CC1(C2CCCC(n3cc4c(C(F)(F)F)cc([C@@H](C)N5CCC[C@H](C)C5)cn4c3=O)C2)COC1. The Bertz CT molecular complexity index is 1370. The van der Waals surface area contributed by atoms with Gasteiger partial charge in [-0.2, -0.15) is 13.2 Å². The van der Waals surface area contributed by atoms with Crippen LogP contribution in [0, 0.1) is 17.3 Å². The molecule has 0 spiro atoms. The van der Waals surface area contributed by atoms with Crippen molar-refractivity contribution in [2.75, 3.05) is 39.9 Å². The second kappa shape index (κ2) is 10.7. The molecule has 4 fully saturated rings. The first kappa shape index (κ1) is 24.7. The van der Waals surface area contributed by atoms with E-state index in [-0.39, 0.29) is 35.6 Å². The lowest BCUT2D eigenvalue weighted by atomic mass is 9.64. The van der Waals surface area contributed by atoms with Crippen LogP contribution in [-0.2, 0) is 10.9 Å². The van der Waals surface area contributed by atoms with Crippen molar-refractivity contribution in [3.8, 4) is 0 Å². The molecule has 40 heavy (non-hydrogen) atoms. The number of rotatable bonds is 6. The van der Waals surface area contributed by atoms with Gasteiger partial charge in [-0.3, -0.25) is 18.8 Å². The summed E-state index contributed by atoms with van der Waals surface area (Å²) in [6.45, 7) is 4.69. The molecule has 0 bridgehead atoms. The third-order valence-electron chi connectivity index (χ3n) is 10.0. The lowest BCUT2D eigenvalue weighted by molar-refractivity contribution is -0.167. The third kappa shape index (κ3) is 5.12. The maximum absolute atomic E-state index is 14.4. The molecule has 0 radical (unpaired) electrons. The predicted octanol–water partition coefficient (Wildman–Crippen LogP) is 4.37. The molecule has 1 aliphatic carbocycles. The largest absolute Gasteiger partial charge is 0.418 e. The molecule has 11 heteroatoms. The van der Waals surface area contributed by atoms with Crippen LogP contribution in [0.1, 0.15) is 86.1 Å². The minimum absolute atomic E-state index is 0.112. The fraction of sp³-hybridized carbons (Fsp3) is 0.759. The van der Waals surface area contributed by atoms with Crippen LogP contribution in [0.5, 0.6) is 0 Å². The number of nitrogens with one attached hydrogen (secondary N) is 2. The molecule has 8 nitrogen and oxygen atoms in total. The van der Waals surface area contributed by atoms with Crippen molar-refractivity contribution in [3.63, 3.8) is 0 Å². The normalized spacial score (nSPS) is 32.4. The Morgan fingerprint density at radius 3 is 2.75 bits per heavy atom. The molecular formula is C29H43F3N6O2. The first-order chi connectivity index (χ1) is 20.3. The summed E-state index contributed by atoms with van der Waals surface area (Å²) in [5, 5.41) is 0. The summed E-state index contributed by atoms with van der Waals surface area (Å²) in [6, 6.07) is 0.739. The molecule has 2 aromatic heterocycles. The lowest BCUT2D eigenvalue weighted by Gasteiger charge is -2.51. The number of hydrogen-bond acceptors (Lipinski definition) is 6. The molecule has 3 saturated heterocycles. The number of hydrazine groups is 1. The average molecular weight is 568 g/mol. The molecule has 6 rings (SSSR count). The maximum Gasteiger partial charge on any atom is 0.418 e. The molecule has 4 aliphatic rings. The Kier molecular flexibility index (Phi) is 6.61. The van der Waals surface area contributed by atoms with Crippen LogP contribution in [0.4, 0.5) is 13.2 Å². The molecular weight excluding hydrogens is 521 g/mol. The van der Waals surface area contributed by atoms with Gasteiger partial charge in [0, 0.05) is 40.5 Å². The first-order valence-electron chi connectivity index (χ1n) is 16.2. The maximum atomic E-state index is 14.4. The summed E-state index contributed by atoms with van der Waals surface area (Å²) in [4.78, 5) is 17.5. The van der Waals surface area contributed by atoms with E-state index in [0.29, 0.717) is 44.0 Å². The minimum atomic E-state index is -4.60. The zero-order valence-corrected chi connectivity index (χ0v) is 23.3. The van der Waals surface area contributed by atoms with Crippen molar-refractivity contribution in [1.82, 2.24) is 29.6 Å². The van der Waals surface area contributed by atoms with E-state index in [1.54, 1.807) is 6.20 Å². The van der Waals surface area contributed by atoms with E-state index in [2.05, 4.69) is 22.7 Å². The molecule has 3 unspecified atom stereocenters. The molecule has 2 aromatic rings. The number of piperidine rings is 1. The van der Waals surface area contributed by atoms with Gasteiger partial charge in [0.15, 0.2) is 0 Å². The zero-order valence-electron chi connectivity index (χ0n) is 26.3. The number of aromatic nitrogens is 2. The summed E-state index contributed by atoms with van der Waals surface area (Å²) < 4.78 is 75.4. The van der Waals surface area contributed by atoms with E-state index in [1.165, 1.54) is 26.1 Å². The summed E-state index contributed by atoms with van der Waals surface area (Å²) >= 11 is 0. The van der Waals surface area contributed by atoms with E-state index < -0.39 is 30.6 Å². The van der Waals surface area contributed by atoms with Gasteiger partial charge in [-0.15, -0.1) is 0 Å². The van der Waals surface area contributed by atoms with Gasteiger partial charge >= 0.3 is 11.9 Å². The first-order valence-corrected chi connectivity index (χ1v) is 14.7. The van der Waals surface area contributed by atoms with Gasteiger partial charge in [0.25, 0.3) is 0 Å². The molecule has 3 aliphatic heterocycles. The van der Waals surface area contributed by atoms with Crippen molar-refractivity contribution >= 4 is 5.52 Å². The number of alkyl halides is 3. The Morgan fingerprint density at radius 1 is 1.23 bits per heavy atom. The van der Waals surface area contributed by atoms with Crippen LogP contribution >= 0.6 is 0 Å². The Morgan fingerprint density at radius 2 is 2.05 bits per heavy atom. The number of imidazole rings is 1. The number of nitrogens with zero attached hydrogens (tertiary/aromatic N) is 4. The van der Waals surface area contributed by atoms with Crippen LogP contribution in [0.2, 0.25) is 0 Å². The Balaban J connectivity index is 1.29. The van der Waals surface area contributed by atoms with Crippen molar-refractivity contribution in [2.45, 2.75) is 83.2 Å². The fourth-order valence-electron chi connectivity index (χ4n) is 7.57. The van der Waals surface area contributed by atoms with E-state index in [9.17, 15) is 18.0 Å². The van der Waals surface area contributed by atoms with Gasteiger partial charge in [0.1, 0.15) is 0 Å². The van der Waals surface area contributed by atoms with E-state index in [4.69, 9.17) is 8.85 Å². The van der Waals surface area contributed by atoms with Gasteiger partial charge < -0.3 is 4.74 Å². The van der Waals surface area contributed by atoms with E-state index in [1.807, 2.05) is 6.92 Å². The number of ether oxygens (including phenoxy) is 1. The summed E-state index contributed by atoms with van der Waals surface area (Å²) in [7, 11) is 0. The molecule has 0 amide bonds. The van der Waals surface area contributed by atoms with Crippen LogP contribution in [-0.4, -0.2) is 64.9 Å². The quantitative estimate of drug-likeness (QED) is 0.541. The summed E-state index contributed by atoms with van der Waals surface area (Å²) in [5.41, 5.74) is 4.94. The van der Waals surface area contributed by atoms with Crippen LogP contribution < -0.4 is 16.5 Å². The smallest absolute Gasteiger partial charge is 0.380 e. The highest BCUT2D eigenvalue weighted by Gasteiger charge is 2.49. The number of hydrogen-bond donors (Lipinski definition) is 2. The summed E-state index contributed by atoms with van der Waals surface area (Å²) in [5.74, 6) is 0.626. The van der Waals surface area contributed by atoms with Crippen molar-refractivity contribution < 1.29 is 22.0 Å². The number of fused-ring (bicyclic) bond motifs is 1. The minimum Gasteiger partial charge on any atom is -0.380 e. The number of pyridine rings is 1. The standard InChI is InChI=1S/C29H43F3N6O2/c1-19-6-5-9-36(13-19)20(2)21-10-24(29(30,31)32)25-15-37(27(39)38(25)14-21)23-8-4-7-22(11-23)28(16-40-17-28)12-26-34-33-18-35(26)3/h10,14-15,19-20,22-23,26,33-34H,4-9,11-13,16-18H2,1-3H3/t19-,20+,22?,23?,26?/m0/s1/i3D3. The molecule has 5 atom stereocenters. The van der Waals surface area contributed by atoms with Crippen molar-refractivity contribution in [3.05, 3.63) is 40.1 Å². The van der Waals surface area contributed by atoms with Crippen LogP contribution in [0.15, 0.2) is 23.3 Å². The van der Waals surface area contributed by atoms with Gasteiger partial charge in [0.2, 0.25) is 0 Å². The van der Waals surface area contributed by atoms with Crippen molar-refractivity contribution in [1.29, 1.82) is 0 Å². The van der Waals surface area contributed by atoms with Crippen LogP contribution in [0.25, 0.3) is 5.52 Å². The zero-order chi connectivity index (χ0) is 30.7. The Hall–Kier alpha value is -1.92. The van der Waals surface area contributed by atoms with Gasteiger partial charge in [-0.05, 0) is 82.4 Å². The molecule has 5 heterocycles. The fourth-order valence-corrected chi connectivity index (χ4v) is 7.57. The predicted molar refractivity (Wildman–Crippen MR) is 147 cm³/mol. The lowest BCUT2D eigenvalue weighted by Crippen LogP contribution is -2.54. The second-order valence-corrected chi connectivity index (χ2v) is 12.7. The third-order valence-corrected chi connectivity index (χ3v) is 10.0. The highest BCUT2D eigenvalue weighted by atomic mass is 19.4. The van der Waals surface area contributed by atoms with E-state index >= 15 is 0 Å². The number of likely N-dealkylation sites (tertiary alicyclic amines) is 1. The van der Waals surface area contributed by atoms with Gasteiger partial charge in [-0.1, -0.05) is 13.3 Å². The van der Waals surface area contributed by atoms with Crippen molar-refractivity contribution in [2.24, 2.45) is 17.3 Å². The van der Waals surface area contributed by atoms with Gasteiger partial charge in [-0.25, -0.2) is 15.6 Å². The average Bonchev–Trinajstić information content (AvgIpc) is 3.54. The van der Waals surface area contributed by atoms with E-state index in [0.717, 1.165) is 38.8 Å². The Labute approximate surface area is 238 Å². The number of halogens is 3. The second-order valence-electron chi connectivity index (χ2n) is 12.7. The van der Waals surface area contributed by atoms with Gasteiger partial charge in [0.05, 0.1) is 37.1 Å².